The summed E-state index contributed by atoms with van der Waals surface area (Å²) in [5.74, 6) is 0. The zero-order valence-electron chi connectivity index (χ0n) is 18.1. The molecule has 3 aliphatic heterocycles. The molecule has 3 fully saturated rings. The molecule has 0 saturated carbocycles. The molecule has 0 radical (unpaired) electrons. The van der Waals surface area contributed by atoms with Gasteiger partial charge in [-0.2, -0.15) is 0 Å². The molecule has 0 aromatic heterocycles. The lowest BCUT2D eigenvalue weighted by Crippen LogP contribution is -2.69. The van der Waals surface area contributed by atoms with E-state index < -0.39 is 112 Å². The summed E-state index contributed by atoms with van der Waals surface area (Å²) in [6.45, 7) is -2.00. The Hall–Kier alpha value is -0.640. The Morgan fingerprint density at radius 1 is 0.529 bits per heavy atom. The summed E-state index contributed by atoms with van der Waals surface area (Å²) < 4.78 is 27.4. The molecule has 34 heavy (non-hydrogen) atoms. The van der Waals surface area contributed by atoms with Gasteiger partial charge in [0.2, 0.25) is 0 Å². The normalized spacial score (nSPS) is 52.5. The van der Waals surface area contributed by atoms with E-state index in [9.17, 15) is 40.9 Å². The smallest absolute Gasteiger partial charge is 0.176 e. The van der Waals surface area contributed by atoms with Crippen molar-refractivity contribution in [2.24, 2.45) is 17.2 Å². The second kappa shape index (κ2) is 11.6. The fourth-order valence-electron chi connectivity index (χ4n) is 4.18. The van der Waals surface area contributed by atoms with E-state index in [0.29, 0.717) is 0 Å². The van der Waals surface area contributed by atoms with Crippen molar-refractivity contribution in [3.63, 3.8) is 0 Å². The Labute approximate surface area is 194 Å². The first-order valence-electron chi connectivity index (χ1n) is 10.8. The fraction of sp³-hybridized carbons (Fsp3) is 1.00. The maximum atomic E-state index is 10.8. The predicted octanol–water partition coefficient (Wildman–Crippen LogP) is -7.67. The highest BCUT2D eigenvalue weighted by Gasteiger charge is 2.52. The van der Waals surface area contributed by atoms with Gasteiger partial charge in [0.15, 0.2) is 18.9 Å². The summed E-state index contributed by atoms with van der Waals surface area (Å²) in [5.41, 5.74) is 17.6. The maximum Gasteiger partial charge on any atom is 0.176 e. The Balaban J connectivity index is 1.72. The number of hydrogen-bond acceptors (Lipinski definition) is 16. The zero-order valence-corrected chi connectivity index (χ0v) is 18.1. The van der Waals surface area contributed by atoms with Gasteiger partial charge in [-0.1, -0.05) is 0 Å². The zero-order chi connectivity index (χ0) is 25.3. The van der Waals surface area contributed by atoms with E-state index in [-0.39, 0.29) is 0 Å². The molecule has 0 aliphatic carbocycles. The van der Waals surface area contributed by atoms with E-state index in [1.807, 2.05) is 0 Å². The standard InChI is InChI=1S/C18H35N3O13/c19-7-12(27)14(5(2-23)30-16(7)29)33-18-9(21)13(28)15(6(3-24)32-18)34-17-8(20)11(26)10(25)4(1-22)31-17/h4-18,22-29H,1-3,19-21H2/t4-,5-,6-,7+,8-,9-,10+,11+,12+,13+,14+,15+,16+,17-,18-/m1/s1. The molecule has 0 aromatic carbocycles. The lowest BCUT2D eigenvalue weighted by molar-refractivity contribution is -0.348. The predicted molar refractivity (Wildman–Crippen MR) is 107 cm³/mol. The van der Waals surface area contributed by atoms with Crippen LogP contribution in [0.25, 0.3) is 0 Å². The fourth-order valence-corrected chi connectivity index (χ4v) is 4.18. The van der Waals surface area contributed by atoms with Crippen LogP contribution in [0.5, 0.6) is 0 Å². The van der Waals surface area contributed by atoms with Crippen molar-refractivity contribution >= 4 is 0 Å². The second-order valence-electron chi connectivity index (χ2n) is 8.59. The SMILES string of the molecule is N[C@H]1[C@@H](O[C@@H]2[C@@H](O)[C@@H](N)[C@@H](O[C@@H]3[C@@H](O)[C@H](N)[C@@H](O)O[C@@H]3CO)O[C@@H]2CO)O[C@H](CO)[C@H](O)[C@H]1O. The third-order valence-electron chi connectivity index (χ3n) is 6.33. The summed E-state index contributed by atoms with van der Waals surface area (Å²) in [6, 6.07) is -3.87. The molecule has 3 aliphatic rings. The van der Waals surface area contributed by atoms with Gasteiger partial charge in [-0.25, -0.2) is 0 Å². The van der Waals surface area contributed by atoms with Crippen LogP contribution in [0.2, 0.25) is 0 Å². The second-order valence-corrected chi connectivity index (χ2v) is 8.59. The molecule has 0 aromatic rings. The van der Waals surface area contributed by atoms with Crippen LogP contribution in [-0.4, -0.2) is 153 Å². The molecule has 3 heterocycles. The summed E-state index contributed by atoms with van der Waals surface area (Å²) >= 11 is 0. The molecule has 3 rings (SSSR count). The Kier molecular flexibility index (Phi) is 9.54. The van der Waals surface area contributed by atoms with Crippen LogP contribution < -0.4 is 17.2 Å². The van der Waals surface area contributed by atoms with Crippen molar-refractivity contribution in [2.75, 3.05) is 19.8 Å². The number of nitrogens with two attached hydrogens (primary N) is 3. The van der Waals surface area contributed by atoms with E-state index in [1.165, 1.54) is 0 Å². The first-order chi connectivity index (χ1) is 16.0. The quantitative estimate of drug-likeness (QED) is 0.154. The number of aliphatic hydroxyl groups is 8. The first kappa shape index (κ1) is 27.9. The first-order valence-corrected chi connectivity index (χ1v) is 10.8. The lowest BCUT2D eigenvalue weighted by atomic mass is 9.94. The molecule has 0 spiro atoms. The summed E-state index contributed by atoms with van der Waals surface area (Å²) in [5, 5.41) is 79.6. The minimum absolute atomic E-state index is 0.651. The molecular weight excluding hydrogens is 466 g/mol. The third-order valence-corrected chi connectivity index (χ3v) is 6.33. The van der Waals surface area contributed by atoms with Crippen LogP contribution in [0.15, 0.2) is 0 Å². The highest BCUT2D eigenvalue weighted by atomic mass is 16.7. The Morgan fingerprint density at radius 2 is 0.941 bits per heavy atom. The number of rotatable bonds is 7. The van der Waals surface area contributed by atoms with Crippen molar-refractivity contribution < 1.29 is 64.5 Å². The number of hydrogen-bond donors (Lipinski definition) is 11. The van der Waals surface area contributed by atoms with Gasteiger partial charge < -0.3 is 81.7 Å². The Morgan fingerprint density at radius 3 is 1.44 bits per heavy atom. The van der Waals surface area contributed by atoms with Crippen LogP contribution >= 0.6 is 0 Å². The summed E-state index contributed by atoms with van der Waals surface area (Å²) in [7, 11) is 0. The van der Waals surface area contributed by atoms with Crippen molar-refractivity contribution in [3.05, 3.63) is 0 Å². The van der Waals surface area contributed by atoms with Gasteiger partial charge in [-0.15, -0.1) is 0 Å². The van der Waals surface area contributed by atoms with E-state index in [4.69, 9.17) is 40.9 Å². The maximum absolute atomic E-state index is 10.8. The number of aliphatic hydroxyl groups excluding tert-OH is 8. The van der Waals surface area contributed by atoms with Gasteiger partial charge in [0.1, 0.15) is 54.9 Å². The van der Waals surface area contributed by atoms with Gasteiger partial charge >= 0.3 is 0 Å². The molecule has 200 valence electrons. The minimum Gasteiger partial charge on any atom is -0.394 e. The molecule has 16 nitrogen and oxygen atoms in total. The van der Waals surface area contributed by atoms with Crippen LogP contribution in [0.3, 0.4) is 0 Å². The van der Waals surface area contributed by atoms with E-state index in [2.05, 4.69) is 0 Å². The molecule has 16 heteroatoms. The van der Waals surface area contributed by atoms with Gasteiger partial charge in [0, 0.05) is 0 Å². The molecule has 0 unspecified atom stereocenters. The van der Waals surface area contributed by atoms with E-state index in [1.54, 1.807) is 0 Å². The molecule has 15 atom stereocenters. The lowest BCUT2D eigenvalue weighted by Gasteiger charge is -2.48. The van der Waals surface area contributed by atoms with Crippen molar-refractivity contribution in [1.82, 2.24) is 0 Å². The highest BCUT2D eigenvalue weighted by Crippen LogP contribution is 2.30. The topological polar surface area (TPSA) is 286 Å². The van der Waals surface area contributed by atoms with Crippen LogP contribution in [0, 0.1) is 0 Å². The summed E-state index contributed by atoms with van der Waals surface area (Å²) in [4.78, 5) is 0. The molecule has 3 saturated heterocycles. The van der Waals surface area contributed by atoms with E-state index >= 15 is 0 Å². The molecular formula is C18H35N3O13. The van der Waals surface area contributed by atoms with Crippen molar-refractivity contribution in [2.45, 2.75) is 91.9 Å². The monoisotopic (exact) mass is 501 g/mol. The van der Waals surface area contributed by atoms with Crippen molar-refractivity contribution in [3.8, 4) is 0 Å². The molecule has 14 N–H and O–H groups in total. The van der Waals surface area contributed by atoms with E-state index in [0.717, 1.165) is 0 Å². The largest absolute Gasteiger partial charge is 0.394 e. The number of ether oxygens (including phenoxy) is 5. The van der Waals surface area contributed by atoms with Gasteiger partial charge in [-0.05, 0) is 0 Å². The minimum atomic E-state index is -1.56. The average molecular weight is 501 g/mol. The van der Waals surface area contributed by atoms with Crippen molar-refractivity contribution in [1.29, 1.82) is 0 Å². The highest BCUT2D eigenvalue weighted by molar-refractivity contribution is 4.98. The van der Waals surface area contributed by atoms with Crippen LogP contribution in [0.1, 0.15) is 0 Å². The average Bonchev–Trinajstić information content (AvgIpc) is 2.83. The van der Waals surface area contributed by atoms with Crippen LogP contribution in [0.4, 0.5) is 0 Å². The van der Waals surface area contributed by atoms with Crippen LogP contribution in [-0.2, 0) is 23.7 Å². The van der Waals surface area contributed by atoms with Gasteiger partial charge in [-0.3, -0.25) is 0 Å². The third kappa shape index (κ3) is 5.37. The molecule has 0 bridgehead atoms. The Bertz CT molecular complexity index is 646. The molecule has 0 amide bonds. The van der Waals surface area contributed by atoms with Gasteiger partial charge in [0.25, 0.3) is 0 Å². The summed E-state index contributed by atoms with van der Waals surface area (Å²) in [6.07, 6.45) is -16.8. The van der Waals surface area contributed by atoms with Gasteiger partial charge in [0.05, 0.1) is 37.9 Å².